The molecule has 2 rings (SSSR count). The molecule has 0 saturated heterocycles. The zero-order valence-electron chi connectivity index (χ0n) is 18.4. The van der Waals surface area contributed by atoms with Gasteiger partial charge in [0.25, 0.3) is 0 Å². The smallest absolute Gasteiger partial charge is 0.303 e. The fourth-order valence-corrected chi connectivity index (χ4v) is 4.32. The largest absolute Gasteiger partial charge is 0.474 e. The summed E-state index contributed by atoms with van der Waals surface area (Å²) in [4.78, 5) is 11.5. The molecule has 0 amide bonds. The number of allylic oxidation sites excluding steroid dienone is 2. The summed E-state index contributed by atoms with van der Waals surface area (Å²) >= 11 is 0. The lowest BCUT2D eigenvalue weighted by Crippen LogP contribution is -2.36. The van der Waals surface area contributed by atoms with E-state index in [1.807, 2.05) is 0 Å². The molecule has 0 radical (unpaired) electrons. The van der Waals surface area contributed by atoms with Crippen molar-refractivity contribution in [1.29, 1.82) is 0 Å². The average molecular weight is 413 g/mol. The quantitative estimate of drug-likeness (QED) is 0.171. The Morgan fingerprint density at radius 1 is 1.07 bits per heavy atom. The number of benzene rings is 1. The first kappa shape index (κ1) is 23.2. The van der Waals surface area contributed by atoms with Crippen LogP contribution in [-0.2, 0) is 16.0 Å². The molecule has 0 fully saturated rings. The minimum atomic E-state index is -1.49. The first-order valence-corrected chi connectivity index (χ1v) is 14.3. The van der Waals surface area contributed by atoms with Crippen LogP contribution < -0.4 is 5.38 Å². The van der Waals surface area contributed by atoms with E-state index in [9.17, 15) is 4.79 Å². The molecule has 29 heavy (non-hydrogen) atoms. The second-order valence-corrected chi connectivity index (χ2v) is 13.7. The third kappa shape index (κ3) is 8.86. The van der Waals surface area contributed by atoms with Gasteiger partial charge in [-0.1, -0.05) is 68.5 Å². The highest BCUT2D eigenvalue weighted by atomic mass is 28.3. The van der Waals surface area contributed by atoms with Crippen LogP contribution in [0, 0.1) is 0 Å². The van der Waals surface area contributed by atoms with Crippen molar-refractivity contribution in [2.24, 2.45) is 0 Å². The van der Waals surface area contributed by atoms with Crippen LogP contribution in [-0.4, -0.2) is 14.0 Å². The fourth-order valence-electron chi connectivity index (χ4n) is 3.31. The standard InChI is InChI=1S/C25H36O3Si/c1-21(26)28-24(23-19-25(27-20-23)29(2,3)4)18-14-9-7-5-6-8-11-15-22-16-12-10-13-17-22/h6,8,10,12-13,16-17,19-20,24H,5,7,9,11,14-15,18H2,1-4H3/b8-6+. The molecule has 1 aromatic carbocycles. The van der Waals surface area contributed by atoms with Gasteiger partial charge in [-0.25, -0.2) is 0 Å². The Balaban J connectivity index is 1.68. The van der Waals surface area contributed by atoms with E-state index in [1.165, 1.54) is 18.9 Å². The molecule has 0 spiro atoms. The zero-order chi connectivity index (χ0) is 21.1. The molecule has 0 aliphatic rings. The van der Waals surface area contributed by atoms with Gasteiger partial charge in [0.1, 0.15) is 14.2 Å². The highest BCUT2D eigenvalue weighted by molar-refractivity contribution is 6.87. The van der Waals surface area contributed by atoms with Crippen LogP contribution in [0.5, 0.6) is 0 Å². The summed E-state index contributed by atoms with van der Waals surface area (Å²) in [5.74, 6) is -0.230. The van der Waals surface area contributed by atoms with Crippen molar-refractivity contribution in [3.8, 4) is 0 Å². The van der Waals surface area contributed by atoms with Crippen molar-refractivity contribution < 1.29 is 13.9 Å². The van der Waals surface area contributed by atoms with Crippen molar-refractivity contribution in [3.63, 3.8) is 0 Å². The van der Waals surface area contributed by atoms with Gasteiger partial charge in [0, 0.05) is 12.5 Å². The molecule has 0 N–H and O–H groups in total. The van der Waals surface area contributed by atoms with Crippen molar-refractivity contribution in [3.05, 3.63) is 65.9 Å². The van der Waals surface area contributed by atoms with Crippen molar-refractivity contribution in [1.82, 2.24) is 0 Å². The van der Waals surface area contributed by atoms with E-state index in [4.69, 9.17) is 9.15 Å². The van der Waals surface area contributed by atoms with Crippen LogP contribution in [0.2, 0.25) is 19.6 Å². The molecule has 1 aromatic heterocycles. The fraction of sp³-hybridized carbons (Fsp3) is 0.480. The third-order valence-electron chi connectivity index (χ3n) is 4.99. The minimum absolute atomic E-state index is 0.192. The van der Waals surface area contributed by atoms with E-state index >= 15 is 0 Å². The molecule has 0 saturated carbocycles. The van der Waals surface area contributed by atoms with Crippen molar-refractivity contribution >= 4 is 19.4 Å². The van der Waals surface area contributed by atoms with Gasteiger partial charge in [0.05, 0.1) is 11.6 Å². The van der Waals surface area contributed by atoms with Gasteiger partial charge in [0.15, 0.2) is 0 Å². The van der Waals surface area contributed by atoms with Gasteiger partial charge in [-0.2, -0.15) is 0 Å². The number of esters is 1. The second-order valence-electron chi connectivity index (χ2n) is 8.73. The number of carbonyl (C=O) groups excluding carboxylic acids is 1. The van der Waals surface area contributed by atoms with E-state index in [0.717, 1.165) is 49.5 Å². The molecule has 0 aliphatic carbocycles. The summed E-state index contributed by atoms with van der Waals surface area (Å²) in [5, 5.41) is 1.06. The number of rotatable bonds is 12. The van der Waals surface area contributed by atoms with E-state index in [1.54, 1.807) is 6.26 Å². The maximum Gasteiger partial charge on any atom is 0.303 e. The Morgan fingerprint density at radius 2 is 1.79 bits per heavy atom. The Hall–Kier alpha value is -2.07. The van der Waals surface area contributed by atoms with Crippen LogP contribution in [0.1, 0.15) is 62.7 Å². The van der Waals surface area contributed by atoms with Crippen molar-refractivity contribution in [2.75, 3.05) is 0 Å². The van der Waals surface area contributed by atoms with E-state index in [0.29, 0.717) is 0 Å². The van der Waals surface area contributed by atoms with Crippen LogP contribution in [0.3, 0.4) is 0 Å². The second kappa shape index (κ2) is 11.8. The van der Waals surface area contributed by atoms with E-state index < -0.39 is 8.07 Å². The number of aryl methyl sites for hydroxylation is 1. The maximum atomic E-state index is 11.5. The van der Waals surface area contributed by atoms with Crippen LogP contribution in [0.4, 0.5) is 0 Å². The lowest BCUT2D eigenvalue weighted by Gasteiger charge is -2.15. The van der Waals surface area contributed by atoms with Crippen LogP contribution in [0.15, 0.2) is 59.2 Å². The minimum Gasteiger partial charge on any atom is -0.474 e. The zero-order valence-corrected chi connectivity index (χ0v) is 19.4. The molecule has 2 aromatic rings. The number of hydrogen-bond donors (Lipinski definition) is 0. The van der Waals surface area contributed by atoms with Gasteiger partial charge < -0.3 is 9.15 Å². The summed E-state index contributed by atoms with van der Waals surface area (Å²) in [5.41, 5.74) is 2.39. The lowest BCUT2D eigenvalue weighted by molar-refractivity contribution is -0.147. The van der Waals surface area contributed by atoms with Gasteiger partial charge in [-0.05, 0) is 50.2 Å². The molecular formula is C25H36O3Si. The predicted molar refractivity (Wildman–Crippen MR) is 123 cm³/mol. The third-order valence-corrected chi connectivity index (χ3v) is 6.73. The summed E-state index contributed by atoms with van der Waals surface area (Å²) in [6.07, 6.45) is 13.7. The molecule has 0 bridgehead atoms. The number of carbonyl (C=O) groups is 1. The lowest BCUT2D eigenvalue weighted by atomic mass is 10.0. The Labute approximate surface area is 177 Å². The topological polar surface area (TPSA) is 39.4 Å². The van der Waals surface area contributed by atoms with Gasteiger partial charge in [-0.15, -0.1) is 0 Å². The number of furan rings is 1. The molecule has 1 unspecified atom stereocenters. The SMILES string of the molecule is CC(=O)OC(CCCCC/C=C/CCc1ccccc1)c1coc([Si](C)(C)C)c1. The monoisotopic (exact) mass is 412 g/mol. The first-order chi connectivity index (χ1) is 13.9. The average Bonchev–Trinajstić information content (AvgIpc) is 3.17. The van der Waals surface area contributed by atoms with Gasteiger partial charge in [-0.3, -0.25) is 4.79 Å². The summed E-state index contributed by atoms with van der Waals surface area (Å²) in [6, 6.07) is 12.7. The molecule has 0 aliphatic heterocycles. The predicted octanol–water partition coefficient (Wildman–Crippen LogP) is 6.57. The molecule has 1 atom stereocenters. The number of hydrogen-bond acceptors (Lipinski definition) is 3. The Morgan fingerprint density at radius 3 is 2.45 bits per heavy atom. The summed E-state index contributed by atoms with van der Waals surface area (Å²) in [6.45, 7) is 8.24. The Kier molecular flexibility index (Phi) is 9.45. The normalized spacial score (nSPS) is 13.0. The van der Waals surface area contributed by atoms with E-state index in [2.05, 4.69) is 68.2 Å². The summed E-state index contributed by atoms with van der Waals surface area (Å²) in [7, 11) is -1.49. The maximum absolute atomic E-state index is 11.5. The van der Waals surface area contributed by atoms with Gasteiger partial charge >= 0.3 is 5.97 Å². The highest BCUT2D eigenvalue weighted by Gasteiger charge is 2.24. The van der Waals surface area contributed by atoms with E-state index in [-0.39, 0.29) is 12.1 Å². The molecular weight excluding hydrogens is 376 g/mol. The highest BCUT2D eigenvalue weighted by Crippen LogP contribution is 2.25. The number of unbranched alkanes of at least 4 members (excludes halogenated alkanes) is 3. The van der Waals surface area contributed by atoms with Crippen LogP contribution >= 0.6 is 0 Å². The summed E-state index contributed by atoms with van der Waals surface area (Å²) < 4.78 is 11.3. The molecule has 4 heteroatoms. The van der Waals surface area contributed by atoms with Crippen LogP contribution in [0.25, 0.3) is 0 Å². The Bertz CT molecular complexity index is 756. The molecule has 158 valence electrons. The first-order valence-electron chi connectivity index (χ1n) is 10.8. The molecule has 3 nitrogen and oxygen atoms in total. The van der Waals surface area contributed by atoms with Crippen molar-refractivity contribution in [2.45, 2.75) is 77.6 Å². The number of ether oxygens (including phenoxy) is 1. The molecule has 1 heterocycles. The van der Waals surface area contributed by atoms with Gasteiger partial charge in [0.2, 0.25) is 0 Å².